The van der Waals surface area contributed by atoms with Gasteiger partial charge in [0.05, 0.1) is 5.56 Å². The molecule has 1 rings (SSSR count). The first-order valence-electron chi connectivity index (χ1n) is 4.18. The van der Waals surface area contributed by atoms with E-state index in [2.05, 4.69) is 4.74 Å². The van der Waals surface area contributed by atoms with Gasteiger partial charge in [0, 0.05) is 11.8 Å². The summed E-state index contributed by atoms with van der Waals surface area (Å²) >= 11 is 0. The highest BCUT2D eigenvalue weighted by molar-refractivity contribution is 5.52. The van der Waals surface area contributed by atoms with E-state index in [1.54, 1.807) is 0 Å². The quantitative estimate of drug-likeness (QED) is 0.652. The van der Waals surface area contributed by atoms with E-state index in [0.29, 0.717) is 6.07 Å². The molecule has 2 N–H and O–H groups in total. The molecule has 0 aliphatic carbocycles. The SMILES string of the molecule is Nc1cc(OCC(F)F)ccc1C(F)(F)F. The highest BCUT2D eigenvalue weighted by atomic mass is 19.4. The Labute approximate surface area is 87.8 Å². The number of nitrogen functional groups attached to an aromatic ring is 1. The molecule has 0 amide bonds. The van der Waals surface area contributed by atoms with Gasteiger partial charge in [0.25, 0.3) is 6.43 Å². The fraction of sp³-hybridized carbons (Fsp3) is 0.333. The Balaban J connectivity index is 2.83. The van der Waals surface area contributed by atoms with Gasteiger partial charge in [0.15, 0.2) is 0 Å². The van der Waals surface area contributed by atoms with Gasteiger partial charge in [0.1, 0.15) is 12.4 Å². The molecule has 0 heterocycles. The van der Waals surface area contributed by atoms with Crippen molar-refractivity contribution >= 4 is 5.69 Å². The standard InChI is InChI=1S/C9H8F5NO/c10-8(11)4-16-5-1-2-6(7(15)3-5)9(12,13)14/h1-3,8H,4,15H2. The molecule has 16 heavy (non-hydrogen) atoms. The van der Waals surface area contributed by atoms with Crippen molar-refractivity contribution in [3.05, 3.63) is 23.8 Å². The number of hydrogen-bond donors (Lipinski definition) is 1. The van der Waals surface area contributed by atoms with Gasteiger partial charge < -0.3 is 10.5 Å². The Kier molecular flexibility index (Phi) is 3.56. The summed E-state index contributed by atoms with van der Waals surface area (Å²) in [6, 6.07) is 2.50. The number of anilines is 1. The largest absolute Gasteiger partial charge is 0.488 e. The zero-order valence-corrected chi connectivity index (χ0v) is 7.89. The molecule has 0 spiro atoms. The number of rotatable bonds is 3. The van der Waals surface area contributed by atoms with Crippen molar-refractivity contribution in [3.63, 3.8) is 0 Å². The minimum atomic E-state index is -4.56. The smallest absolute Gasteiger partial charge is 0.418 e. The monoisotopic (exact) mass is 241 g/mol. The van der Waals surface area contributed by atoms with Crippen LogP contribution in [0.1, 0.15) is 5.56 Å². The van der Waals surface area contributed by atoms with Gasteiger partial charge in [-0.05, 0) is 12.1 Å². The fourth-order valence-electron chi connectivity index (χ4n) is 1.05. The second-order valence-electron chi connectivity index (χ2n) is 2.95. The molecular formula is C9H8F5NO. The third-order valence-electron chi connectivity index (χ3n) is 1.70. The minimum absolute atomic E-state index is 0.120. The second-order valence-corrected chi connectivity index (χ2v) is 2.95. The lowest BCUT2D eigenvalue weighted by Gasteiger charge is -2.11. The molecule has 0 saturated carbocycles. The van der Waals surface area contributed by atoms with Crippen LogP contribution in [0.4, 0.5) is 27.6 Å². The predicted octanol–water partition coefficient (Wildman–Crippen LogP) is 2.93. The molecule has 2 nitrogen and oxygen atoms in total. The molecular weight excluding hydrogens is 233 g/mol. The van der Waals surface area contributed by atoms with Crippen molar-refractivity contribution in [2.24, 2.45) is 0 Å². The molecule has 1 aromatic carbocycles. The molecule has 0 atom stereocenters. The summed E-state index contributed by atoms with van der Waals surface area (Å²) in [5.74, 6) is -0.120. The van der Waals surface area contributed by atoms with Gasteiger partial charge >= 0.3 is 6.18 Å². The average Bonchev–Trinajstić information content (AvgIpc) is 2.12. The number of nitrogens with two attached hydrogens (primary N) is 1. The maximum absolute atomic E-state index is 12.3. The van der Waals surface area contributed by atoms with E-state index in [9.17, 15) is 22.0 Å². The summed E-state index contributed by atoms with van der Waals surface area (Å²) in [5, 5.41) is 0. The highest BCUT2D eigenvalue weighted by Crippen LogP contribution is 2.35. The molecule has 0 unspecified atom stereocenters. The Hall–Kier alpha value is -1.53. The lowest BCUT2D eigenvalue weighted by Crippen LogP contribution is -2.10. The number of benzene rings is 1. The van der Waals surface area contributed by atoms with E-state index < -0.39 is 30.5 Å². The Morgan fingerprint density at radius 3 is 2.31 bits per heavy atom. The van der Waals surface area contributed by atoms with Crippen LogP contribution in [0.15, 0.2) is 18.2 Å². The molecule has 90 valence electrons. The van der Waals surface area contributed by atoms with Crippen LogP contribution in [-0.4, -0.2) is 13.0 Å². The first kappa shape index (κ1) is 12.5. The Morgan fingerprint density at radius 1 is 1.25 bits per heavy atom. The predicted molar refractivity (Wildman–Crippen MR) is 47.4 cm³/mol. The highest BCUT2D eigenvalue weighted by Gasteiger charge is 2.32. The zero-order valence-electron chi connectivity index (χ0n) is 7.89. The molecule has 0 bridgehead atoms. The number of hydrogen-bond acceptors (Lipinski definition) is 2. The van der Waals surface area contributed by atoms with E-state index in [1.165, 1.54) is 0 Å². The summed E-state index contributed by atoms with van der Waals surface area (Å²) in [5.41, 5.74) is 3.55. The maximum atomic E-state index is 12.3. The molecule has 7 heteroatoms. The third-order valence-corrected chi connectivity index (χ3v) is 1.70. The van der Waals surface area contributed by atoms with Crippen LogP contribution >= 0.6 is 0 Å². The van der Waals surface area contributed by atoms with Crippen LogP contribution in [0, 0.1) is 0 Å². The van der Waals surface area contributed by atoms with Gasteiger partial charge in [-0.2, -0.15) is 13.2 Å². The van der Waals surface area contributed by atoms with Crippen LogP contribution < -0.4 is 10.5 Å². The first-order chi connectivity index (χ1) is 7.30. The van der Waals surface area contributed by atoms with Crippen molar-refractivity contribution in [1.82, 2.24) is 0 Å². The summed E-state index contributed by atoms with van der Waals surface area (Å²) in [4.78, 5) is 0. The van der Waals surface area contributed by atoms with Crippen molar-refractivity contribution in [3.8, 4) is 5.75 Å². The summed E-state index contributed by atoms with van der Waals surface area (Å²) < 4.78 is 64.8. The van der Waals surface area contributed by atoms with Crippen molar-refractivity contribution in [2.75, 3.05) is 12.3 Å². The lowest BCUT2D eigenvalue weighted by atomic mass is 10.1. The Morgan fingerprint density at radius 2 is 1.88 bits per heavy atom. The number of alkyl halides is 5. The van der Waals surface area contributed by atoms with Gasteiger partial charge in [-0.25, -0.2) is 8.78 Å². The molecule has 0 aliphatic rings. The number of halogens is 5. The molecule has 0 aliphatic heterocycles. The number of ether oxygens (including phenoxy) is 1. The minimum Gasteiger partial charge on any atom is -0.488 e. The van der Waals surface area contributed by atoms with Crippen molar-refractivity contribution < 1.29 is 26.7 Å². The van der Waals surface area contributed by atoms with Crippen LogP contribution in [0.25, 0.3) is 0 Å². The van der Waals surface area contributed by atoms with E-state index >= 15 is 0 Å². The van der Waals surface area contributed by atoms with Crippen LogP contribution in [-0.2, 0) is 6.18 Å². The topological polar surface area (TPSA) is 35.2 Å². The van der Waals surface area contributed by atoms with Gasteiger partial charge in [-0.1, -0.05) is 0 Å². The molecule has 1 aromatic rings. The summed E-state index contributed by atoms with van der Waals surface area (Å²) in [7, 11) is 0. The summed E-state index contributed by atoms with van der Waals surface area (Å²) in [6.45, 7) is -0.884. The van der Waals surface area contributed by atoms with E-state index in [4.69, 9.17) is 5.73 Å². The molecule has 0 fully saturated rings. The van der Waals surface area contributed by atoms with Gasteiger partial charge in [-0.15, -0.1) is 0 Å². The van der Waals surface area contributed by atoms with Crippen LogP contribution in [0.3, 0.4) is 0 Å². The van der Waals surface area contributed by atoms with Gasteiger partial charge in [-0.3, -0.25) is 0 Å². The fourth-order valence-corrected chi connectivity index (χ4v) is 1.05. The first-order valence-corrected chi connectivity index (χ1v) is 4.18. The van der Waals surface area contributed by atoms with E-state index in [0.717, 1.165) is 12.1 Å². The second kappa shape index (κ2) is 4.54. The van der Waals surface area contributed by atoms with Crippen LogP contribution in [0.5, 0.6) is 5.75 Å². The molecule has 0 aromatic heterocycles. The average molecular weight is 241 g/mol. The van der Waals surface area contributed by atoms with E-state index in [-0.39, 0.29) is 5.75 Å². The van der Waals surface area contributed by atoms with Gasteiger partial charge in [0.2, 0.25) is 0 Å². The summed E-state index contributed by atoms with van der Waals surface area (Å²) in [6.07, 6.45) is -7.26. The van der Waals surface area contributed by atoms with Crippen molar-refractivity contribution in [2.45, 2.75) is 12.6 Å². The third kappa shape index (κ3) is 3.25. The van der Waals surface area contributed by atoms with Crippen molar-refractivity contribution in [1.29, 1.82) is 0 Å². The maximum Gasteiger partial charge on any atom is 0.418 e. The lowest BCUT2D eigenvalue weighted by molar-refractivity contribution is -0.136. The normalized spacial score (nSPS) is 11.9. The molecule has 0 saturated heterocycles. The van der Waals surface area contributed by atoms with E-state index in [1.807, 2.05) is 0 Å². The Bertz CT molecular complexity index is 363. The molecule has 0 radical (unpaired) electrons. The van der Waals surface area contributed by atoms with Crippen LogP contribution in [0.2, 0.25) is 0 Å². The zero-order chi connectivity index (χ0) is 12.3.